The van der Waals surface area contributed by atoms with Crippen LogP contribution in [0, 0.1) is 5.92 Å². The largest absolute Gasteiger partial charge is 0.339 e. The molecule has 2 heteroatoms. The van der Waals surface area contributed by atoms with E-state index in [0.29, 0.717) is 5.92 Å². The Bertz CT molecular complexity index is 165. The van der Waals surface area contributed by atoms with E-state index < -0.39 is 0 Å². The van der Waals surface area contributed by atoms with E-state index in [0.717, 1.165) is 19.5 Å². The van der Waals surface area contributed by atoms with Gasteiger partial charge in [0.25, 0.3) is 0 Å². The number of hydrogen-bond donors (Lipinski definition) is 0. The number of hydrogen-bond acceptors (Lipinski definition) is 1. The molecule has 0 N–H and O–H groups in total. The Morgan fingerprint density at radius 1 is 1.62 bits per heavy atom. The highest BCUT2D eigenvalue weighted by atomic mass is 16.2. The molecule has 1 rings (SSSR count). The van der Waals surface area contributed by atoms with Crippen LogP contribution in [0.1, 0.15) is 33.6 Å². The van der Waals surface area contributed by atoms with Gasteiger partial charge in [0.15, 0.2) is 0 Å². The fraction of sp³-hybridized carbons (Fsp3) is 0.727. The van der Waals surface area contributed by atoms with Crippen molar-refractivity contribution in [1.29, 1.82) is 0 Å². The average Bonchev–Trinajstić information content (AvgIpc) is 2.52. The first-order chi connectivity index (χ1) is 6.15. The SMILES string of the molecule is C=CC(=O)N1CC[C@H](C)C1.CCC. The fourth-order valence-electron chi connectivity index (χ4n) is 1.26. The van der Waals surface area contributed by atoms with Crippen LogP contribution in [0.15, 0.2) is 12.7 Å². The number of amides is 1. The molecule has 0 spiro atoms. The van der Waals surface area contributed by atoms with E-state index in [2.05, 4.69) is 27.4 Å². The van der Waals surface area contributed by atoms with Crippen molar-refractivity contribution >= 4 is 5.91 Å². The highest BCUT2D eigenvalue weighted by Gasteiger charge is 2.20. The molecule has 0 aliphatic carbocycles. The smallest absolute Gasteiger partial charge is 0.245 e. The second-order valence-electron chi connectivity index (χ2n) is 3.59. The van der Waals surface area contributed by atoms with Gasteiger partial charge in [0.1, 0.15) is 0 Å². The lowest BCUT2D eigenvalue weighted by Crippen LogP contribution is -2.26. The van der Waals surface area contributed by atoms with Gasteiger partial charge in [-0.05, 0) is 18.4 Å². The van der Waals surface area contributed by atoms with Crippen molar-refractivity contribution in [3.8, 4) is 0 Å². The van der Waals surface area contributed by atoms with Crippen molar-refractivity contribution in [3.05, 3.63) is 12.7 Å². The number of rotatable bonds is 1. The quantitative estimate of drug-likeness (QED) is 0.572. The molecule has 1 aliphatic rings. The lowest BCUT2D eigenvalue weighted by Gasteiger charge is -2.11. The van der Waals surface area contributed by atoms with Crippen LogP contribution < -0.4 is 0 Å². The Hall–Kier alpha value is -0.790. The highest BCUT2D eigenvalue weighted by Crippen LogP contribution is 2.14. The van der Waals surface area contributed by atoms with Crippen LogP contribution in [0.3, 0.4) is 0 Å². The summed E-state index contributed by atoms with van der Waals surface area (Å²) in [7, 11) is 0. The molecule has 0 unspecified atom stereocenters. The van der Waals surface area contributed by atoms with Gasteiger partial charge in [0.05, 0.1) is 0 Å². The topological polar surface area (TPSA) is 20.3 Å². The Morgan fingerprint density at radius 3 is 2.46 bits per heavy atom. The van der Waals surface area contributed by atoms with Crippen LogP contribution >= 0.6 is 0 Å². The summed E-state index contributed by atoms with van der Waals surface area (Å²) in [5, 5.41) is 0. The van der Waals surface area contributed by atoms with Crippen LogP contribution in [0.5, 0.6) is 0 Å². The Labute approximate surface area is 81.6 Å². The zero-order valence-electron chi connectivity index (χ0n) is 9.05. The van der Waals surface area contributed by atoms with Gasteiger partial charge < -0.3 is 4.90 Å². The van der Waals surface area contributed by atoms with Crippen molar-refractivity contribution < 1.29 is 4.79 Å². The van der Waals surface area contributed by atoms with E-state index in [9.17, 15) is 4.79 Å². The summed E-state index contributed by atoms with van der Waals surface area (Å²) in [6.07, 6.45) is 3.78. The molecule has 2 nitrogen and oxygen atoms in total. The van der Waals surface area contributed by atoms with Gasteiger partial charge in [0, 0.05) is 13.1 Å². The second-order valence-corrected chi connectivity index (χ2v) is 3.59. The molecule has 0 aromatic heterocycles. The fourth-order valence-corrected chi connectivity index (χ4v) is 1.26. The zero-order valence-corrected chi connectivity index (χ0v) is 9.05. The minimum atomic E-state index is 0.0735. The maximum absolute atomic E-state index is 11.0. The minimum Gasteiger partial charge on any atom is -0.339 e. The summed E-state index contributed by atoms with van der Waals surface area (Å²) in [4.78, 5) is 12.8. The van der Waals surface area contributed by atoms with Gasteiger partial charge >= 0.3 is 0 Å². The highest BCUT2D eigenvalue weighted by molar-refractivity contribution is 5.87. The Kier molecular flexibility index (Phi) is 6.29. The van der Waals surface area contributed by atoms with Gasteiger partial charge in [-0.25, -0.2) is 0 Å². The van der Waals surface area contributed by atoms with E-state index in [1.165, 1.54) is 12.5 Å². The van der Waals surface area contributed by atoms with Crippen LogP contribution in [0.4, 0.5) is 0 Å². The molecule has 1 saturated heterocycles. The van der Waals surface area contributed by atoms with Crippen molar-refractivity contribution in [2.75, 3.05) is 13.1 Å². The Morgan fingerprint density at radius 2 is 2.15 bits per heavy atom. The molecule has 1 amide bonds. The minimum absolute atomic E-state index is 0.0735. The van der Waals surface area contributed by atoms with Crippen LogP contribution in [-0.2, 0) is 4.79 Å². The standard InChI is InChI=1S/C8H13NO.C3H8/c1-3-8(10)9-5-4-7(2)6-9;1-3-2/h3,7H,1,4-6H2,2H3;3H2,1-2H3/t7-;/m0./s1. The third-order valence-electron chi connectivity index (χ3n) is 1.91. The maximum Gasteiger partial charge on any atom is 0.245 e. The van der Waals surface area contributed by atoms with Crippen LogP contribution in [0.25, 0.3) is 0 Å². The molecule has 1 fully saturated rings. The molecule has 0 bridgehead atoms. The predicted octanol–water partition coefficient (Wildman–Crippen LogP) is 2.46. The first-order valence-corrected chi connectivity index (χ1v) is 5.07. The maximum atomic E-state index is 11.0. The van der Waals surface area contributed by atoms with E-state index in [-0.39, 0.29) is 5.91 Å². The molecule has 0 aromatic carbocycles. The number of likely N-dealkylation sites (tertiary alicyclic amines) is 1. The van der Waals surface area contributed by atoms with E-state index in [4.69, 9.17) is 0 Å². The zero-order chi connectivity index (χ0) is 10.3. The van der Waals surface area contributed by atoms with Gasteiger partial charge in [-0.15, -0.1) is 0 Å². The molecule has 76 valence electrons. The number of nitrogens with zero attached hydrogens (tertiary/aromatic N) is 1. The third-order valence-corrected chi connectivity index (χ3v) is 1.91. The van der Waals surface area contributed by atoms with Gasteiger partial charge in [0.2, 0.25) is 5.91 Å². The van der Waals surface area contributed by atoms with Crippen molar-refractivity contribution in [2.45, 2.75) is 33.6 Å². The second kappa shape index (κ2) is 6.70. The molecule has 0 saturated carbocycles. The number of carbonyl (C=O) groups is 1. The van der Waals surface area contributed by atoms with Gasteiger partial charge in [-0.1, -0.05) is 33.8 Å². The lowest BCUT2D eigenvalue weighted by molar-refractivity contribution is -0.125. The summed E-state index contributed by atoms with van der Waals surface area (Å²) in [5.41, 5.74) is 0. The molecule has 0 radical (unpaired) electrons. The molecular weight excluding hydrogens is 162 g/mol. The first kappa shape index (κ1) is 12.2. The molecule has 0 aromatic rings. The average molecular weight is 183 g/mol. The normalized spacial score (nSPS) is 20.5. The predicted molar refractivity (Wildman–Crippen MR) is 56.5 cm³/mol. The monoisotopic (exact) mass is 183 g/mol. The van der Waals surface area contributed by atoms with E-state index >= 15 is 0 Å². The molecule has 1 aliphatic heterocycles. The summed E-state index contributed by atoms with van der Waals surface area (Å²) in [6.45, 7) is 11.7. The van der Waals surface area contributed by atoms with Crippen LogP contribution in [0.2, 0.25) is 0 Å². The first-order valence-electron chi connectivity index (χ1n) is 5.07. The molecule has 1 heterocycles. The van der Waals surface area contributed by atoms with Crippen molar-refractivity contribution in [1.82, 2.24) is 4.90 Å². The number of carbonyl (C=O) groups excluding carboxylic acids is 1. The third kappa shape index (κ3) is 4.71. The van der Waals surface area contributed by atoms with Crippen molar-refractivity contribution in [3.63, 3.8) is 0 Å². The van der Waals surface area contributed by atoms with E-state index in [1.54, 1.807) is 0 Å². The van der Waals surface area contributed by atoms with E-state index in [1.807, 2.05) is 4.90 Å². The van der Waals surface area contributed by atoms with Gasteiger partial charge in [-0.3, -0.25) is 4.79 Å². The summed E-state index contributed by atoms with van der Waals surface area (Å²) >= 11 is 0. The molecular formula is C11H21NO. The molecule has 13 heavy (non-hydrogen) atoms. The van der Waals surface area contributed by atoms with Gasteiger partial charge in [-0.2, -0.15) is 0 Å². The van der Waals surface area contributed by atoms with Crippen molar-refractivity contribution in [2.24, 2.45) is 5.92 Å². The summed E-state index contributed by atoms with van der Waals surface area (Å²) in [6, 6.07) is 0. The summed E-state index contributed by atoms with van der Waals surface area (Å²) < 4.78 is 0. The van der Waals surface area contributed by atoms with Crippen LogP contribution in [-0.4, -0.2) is 23.9 Å². The Balaban J connectivity index is 0.000000424. The lowest BCUT2D eigenvalue weighted by atomic mass is 10.2. The molecule has 1 atom stereocenters. The summed E-state index contributed by atoms with van der Waals surface area (Å²) in [5.74, 6) is 0.744.